The average molecular weight is 367 g/mol. The SMILES string of the molecule is CC(=O)N[C@H]1CCN(Cc2nc(-c3cccc(C(F)(F)F)c3)oc2C)C1. The van der Waals surface area contributed by atoms with E-state index in [1.54, 1.807) is 13.0 Å². The maximum Gasteiger partial charge on any atom is 0.416 e. The molecule has 8 heteroatoms. The second-order valence-corrected chi connectivity index (χ2v) is 6.52. The fourth-order valence-electron chi connectivity index (χ4n) is 3.12. The molecule has 3 rings (SSSR count). The number of rotatable bonds is 4. The normalized spacial score (nSPS) is 18.3. The van der Waals surface area contributed by atoms with Gasteiger partial charge in [-0.3, -0.25) is 9.69 Å². The number of oxazole rings is 1. The first-order valence-electron chi connectivity index (χ1n) is 8.36. The van der Waals surface area contributed by atoms with Crippen molar-refractivity contribution >= 4 is 5.91 Å². The van der Waals surface area contributed by atoms with Crippen molar-refractivity contribution in [2.75, 3.05) is 13.1 Å². The second kappa shape index (κ2) is 7.11. The van der Waals surface area contributed by atoms with Gasteiger partial charge in [0.2, 0.25) is 11.8 Å². The van der Waals surface area contributed by atoms with Crippen molar-refractivity contribution in [1.82, 2.24) is 15.2 Å². The van der Waals surface area contributed by atoms with Crippen LogP contribution in [0.5, 0.6) is 0 Å². The first-order valence-corrected chi connectivity index (χ1v) is 8.36. The fraction of sp³-hybridized carbons (Fsp3) is 0.444. The van der Waals surface area contributed by atoms with E-state index in [9.17, 15) is 18.0 Å². The van der Waals surface area contributed by atoms with Gasteiger partial charge in [-0.15, -0.1) is 0 Å². The van der Waals surface area contributed by atoms with E-state index < -0.39 is 11.7 Å². The summed E-state index contributed by atoms with van der Waals surface area (Å²) in [5.41, 5.74) is 0.262. The lowest BCUT2D eigenvalue weighted by Crippen LogP contribution is -2.35. The Hall–Kier alpha value is -2.35. The highest BCUT2D eigenvalue weighted by molar-refractivity contribution is 5.73. The van der Waals surface area contributed by atoms with E-state index in [4.69, 9.17) is 4.42 Å². The Bertz CT molecular complexity index is 801. The summed E-state index contributed by atoms with van der Waals surface area (Å²) in [6.07, 6.45) is -3.55. The third-order valence-electron chi connectivity index (χ3n) is 4.38. The predicted molar refractivity (Wildman–Crippen MR) is 89.2 cm³/mol. The highest BCUT2D eigenvalue weighted by Gasteiger charge is 2.31. The number of likely N-dealkylation sites (tertiary alicyclic amines) is 1. The van der Waals surface area contributed by atoms with E-state index in [1.807, 2.05) is 0 Å². The summed E-state index contributed by atoms with van der Waals surface area (Å²) in [6.45, 7) is 5.30. The van der Waals surface area contributed by atoms with Crippen LogP contribution in [0, 0.1) is 6.92 Å². The van der Waals surface area contributed by atoms with Crippen molar-refractivity contribution in [2.24, 2.45) is 0 Å². The van der Waals surface area contributed by atoms with Crippen molar-refractivity contribution in [3.63, 3.8) is 0 Å². The van der Waals surface area contributed by atoms with E-state index in [0.29, 0.717) is 30.1 Å². The first kappa shape index (κ1) is 18.4. The van der Waals surface area contributed by atoms with Gasteiger partial charge in [-0.2, -0.15) is 13.2 Å². The molecule has 1 aliphatic rings. The number of halogens is 3. The summed E-state index contributed by atoms with van der Waals surface area (Å²) in [5, 5.41) is 2.89. The molecular formula is C18H20F3N3O2. The van der Waals surface area contributed by atoms with Crippen molar-refractivity contribution < 1.29 is 22.4 Å². The largest absolute Gasteiger partial charge is 0.441 e. The van der Waals surface area contributed by atoms with Gasteiger partial charge < -0.3 is 9.73 Å². The molecule has 1 N–H and O–H groups in total. The maximum absolute atomic E-state index is 12.9. The molecule has 1 saturated heterocycles. The number of hydrogen-bond acceptors (Lipinski definition) is 4. The minimum absolute atomic E-state index is 0.0544. The third kappa shape index (κ3) is 4.24. The number of hydrogen-bond donors (Lipinski definition) is 1. The van der Waals surface area contributed by atoms with Gasteiger partial charge in [0.05, 0.1) is 11.3 Å². The molecule has 0 radical (unpaired) electrons. The number of aryl methyl sites for hydroxylation is 1. The number of aromatic nitrogens is 1. The molecule has 2 aromatic rings. The van der Waals surface area contributed by atoms with Crippen LogP contribution >= 0.6 is 0 Å². The molecule has 1 atom stereocenters. The summed E-state index contributed by atoms with van der Waals surface area (Å²) < 4.78 is 44.2. The highest BCUT2D eigenvalue weighted by atomic mass is 19.4. The Morgan fingerprint density at radius 3 is 2.88 bits per heavy atom. The number of nitrogens with one attached hydrogen (secondary N) is 1. The Labute approximate surface area is 149 Å². The van der Waals surface area contributed by atoms with Crippen LogP contribution in [0.25, 0.3) is 11.5 Å². The van der Waals surface area contributed by atoms with Crippen molar-refractivity contribution in [1.29, 1.82) is 0 Å². The van der Waals surface area contributed by atoms with Crippen LogP contribution in [0.15, 0.2) is 28.7 Å². The van der Waals surface area contributed by atoms with Crippen LogP contribution in [-0.4, -0.2) is 34.9 Å². The van der Waals surface area contributed by atoms with Crippen molar-refractivity contribution in [3.8, 4) is 11.5 Å². The maximum atomic E-state index is 12.9. The number of amides is 1. The van der Waals surface area contributed by atoms with Gasteiger partial charge in [-0.1, -0.05) is 6.07 Å². The van der Waals surface area contributed by atoms with E-state index in [2.05, 4.69) is 15.2 Å². The Balaban J connectivity index is 1.73. The minimum atomic E-state index is -4.41. The number of benzene rings is 1. The van der Waals surface area contributed by atoms with Gasteiger partial charge >= 0.3 is 6.18 Å². The van der Waals surface area contributed by atoms with E-state index in [1.165, 1.54) is 13.0 Å². The van der Waals surface area contributed by atoms with E-state index in [-0.39, 0.29) is 17.8 Å². The molecule has 1 aliphatic heterocycles. The third-order valence-corrected chi connectivity index (χ3v) is 4.38. The standard InChI is InChI=1S/C18H20F3N3O2/c1-11-16(10-24-7-6-15(9-24)22-12(2)25)23-17(26-11)13-4-3-5-14(8-13)18(19,20)21/h3-5,8,15H,6-7,9-10H2,1-2H3,(H,22,25)/t15-/m0/s1. The van der Waals surface area contributed by atoms with Gasteiger partial charge in [0.15, 0.2) is 0 Å². The zero-order valence-electron chi connectivity index (χ0n) is 14.6. The van der Waals surface area contributed by atoms with E-state index >= 15 is 0 Å². The zero-order chi connectivity index (χ0) is 18.9. The topological polar surface area (TPSA) is 58.4 Å². The zero-order valence-corrected chi connectivity index (χ0v) is 14.6. The molecule has 0 unspecified atom stereocenters. The minimum Gasteiger partial charge on any atom is -0.441 e. The van der Waals surface area contributed by atoms with Gasteiger partial charge in [0, 0.05) is 38.2 Å². The van der Waals surface area contributed by atoms with Gasteiger partial charge in [-0.25, -0.2) is 4.98 Å². The Kier molecular flexibility index (Phi) is 5.04. The number of alkyl halides is 3. The molecule has 2 heterocycles. The van der Waals surface area contributed by atoms with Crippen LogP contribution in [-0.2, 0) is 17.5 Å². The molecule has 0 aliphatic carbocycles. The van der Waals surface area contributed by atoms with Crippen LogP contribution in [0.1, 0.15) is 30.4 Å². The molecule has 1 fully saturated rings. The number of carbonyl (C=O) groups is 1. The first-order chi connectivity index (χ1) is 12.2. The molecule has 26 heavy (non-hydrogen) atoms. The summed E-state index contributed by atoms with van der Waals surface area (Å²) in [5.74, 6) is 0.711. The van der Waals surface area contributed by atoms with Gasteiger partial charge in [0.1, 0.15) is 5.76 Å². The van der Waals surface area contributed by atoms with Gasteiger partial charge in [0.25, 0.3) is 0 Å². The summed E-state index contributed by atoms with van der Waals surface area (Å²) >= 11 is 0. The lowest BCUT2D eigenvalue weighted by atomic mass is 10.1. The molecule has 1 aromatic carbocycles. The van der Waals surface area contributed by atoms with Crippen LogP contribution < -0.4 is 5.32 Å². The smallest absolute Gasteiger partial charge is 0.416 e. The molecule has 140 valence electrons. The lowest BCUT2D eigenvalue weighted by molar-refractivity contribution is -0.137. The monoisotopic (exact) mass is 367 g/mol. The van der Waals surface area contributed by atoms with E-state index in [0.717, 1.165) is 25.1 Å². The van der Waals surface area contributed by atoms with Crippen molar-refractivity contribution in [3.05, 3.63) is 41.3 Å². The van der Waals surface area contributed by atoms with Gasteiger partial charge in [-0.05, 0) is 31.5 Å². The number of nitrogens with zero attached hydrogens (tertiary/aromatic N) is 2. The summed E-state index contributed by atoms with van der Waals surface area (Å²) in [4.78, 5) is 17.7. The summed E-state index contributed by atoms with van der Waals surface area (Å²) in [6, 6.07) is 5.07. The molecule has 0 spiro atoms. The molecule has 0 saturated carbocycles. The quantitative estimate of drug-likeness (QED) is 0.900. The second-order valence-electron chi connectivity index (χ2n) is 6.52. The Morgan fingerprint density at radius 2 is 2.19 bits per heavy atom. The molecular weight excluding hydrogens is 347 g/mol. The molecule has 1 amide bonds. The lowest BCUT2D eigenvalue weighted by Gasteiger charge is -2.15. The average Bonchev–Trinajstić information content (AvgIpc) is 3.14. The van der Waals surface area contributed by atoms with Crippen LogP contribution in [0.4, 0.5) is 13.2 Å². The number of carbonyl (C=O) groups excluding carboxylic acids is 1. The molecule has 5 nitrogen and oxygen atoms in total. The molecule has 1 aromatic heterocycles. The Morgan fingerprint density at radius 1 is 1.42 bits per heavy atom. The van der Waals surface area contributed by atoms with Crippen LogP contribution in [0.3, 0.4) is 0 Å². The summed E-state index contributed by atoms with van der Waals surface area (Å²) in [7, 11) is 0. The van der Waals surface area contributed by atoms with Crippen LogP contribution in [0.2, 0.25) is 0 Å². The fourth-order valence-corrected chi connectivity index (χ4v) is 3.12. The highest BCUT2D eigenvalue weighted by Crippen LogP contribution is 2.32. The van der Waals surface area contributed by atoms with Crippen molar-refractivity contribution in [2.45, 2.75) is 39.0 Å². The molecule has 0 bridgehead atoms. The predicted octanol–water partition coefficient (Wildman–Crippen LogP) is 3.38.